The monoisotopic (exact) mass is 557 g/mol. The van der Waals surface area contributed by atoms with Crippen molar-refractivity contribution in [1.82, 2.24) is 29.8 Å². The molecule has 0 saturated heterocycles. The van der Waals surface area contributed by atoms with E-state index in [2.05, 4.69) is 59.5 Å². The highest BCUT2D eigenvalue weighted by molar-refractivity contribution is 6.00. The third-order valence-electron chi connectivity index (χ3n) is 7.94. The molecule has 218 valence electrons. The Kier molecular flexibility index (Phi) is 9.94. The Balaban J connectivity index is 1.51. The van der Waals surface area contributed by atoms with Gasteiger partial charge in [0.25, 0.3) is 5.91 Å². The summed E-state index contributed by atoms with van der Waals surface area (Å²) in [5.41, 5.74) is 5.32. The second kappa shape index (κ2) is 13.6. The highest BCUT2D eigenvalue weighted by atomic mass is 16.2. The first-order valence-corrected chi connectivity index (χ1v) is 14.4. The molecule has 1 aromatic carbocycles. The Hall–Kier alpha value is -3.98. The van der Waals surface area contributed by atoms with Gasteiger partial charge in [-0.1, -0.05) is 43.5 Å². The third-order valence-corrected chi connectivity index (χ3v) is 7.94. The van der Waals surface area contributed by atoms with Crippen LogP contribution in [-0.4, -0.2) is 63.0 Å². The van der Waals surface area contributed by atoms with Gasteiger partial charge >= 0.3 is 0 Å². The molecule has 1 aliphatic carbocycles. The van der Waals surface area contributed by atoms with Crippen LogP contribution in [0.25, 0.3) is 11.1 Å². The van der Waals surface area contributed by atoms with Gasteiger partial charge in [0.1, 0.15) is 11.7 Å². The summed E-state index contributed by atoms with van der Waals surface area (Å²) in [5, 5.41) is 15.1. The number of nitrogens with one attached hydrogen (secondary N) is 2. The van der Waals surface area contributed by atoms with Crippen molar-refractivity contribution in [2.45, 2.75) is 64.6 Å². The van der Waals surface area contributed by atoms with Crippen LogP contribution in [0, 0.1) is 19.8 Å². The van der Waals surface area contributed by atoms with Crippen molar-refractivity contribution in [2.75, 3.05) is 26.0 Å². The van der Waals surface area contributed by atoms with Gasteiger partial charge in [-0.2, -0.15) is 10.2 Å². The predicted molar refractivity (Wildman–Crippen MR) is 164 cm³/mol. The van der Waals surface area contributed by atoms with Gasteiger partial charge in [0.2, 0.25) is 5.91 Å². The molecule has 0 bridgehead atoms. The smallest absolute Gasteiger partial charge is 0.270 e. The molecule has 2 aromatic heterocycles. The highest BCUT2D eigenvalue weighted by Crippen LogP contribution is 2.30. The van der Waals surface area contributed by atoms with E-state index < -0.39 is 6.04 Å². The number of carbonyl (C=O) groups is 2. The number of carbonyl (C=O) groups excluding carboxylic acids is 2. The molecule has 41 heavy (non-hydrogen) atoms. The molecule has 9 nitrogen and oxygen atoms in total. The maximum Gasteiger partial charge on any atom is 0.270 e. The second-order valence-electron chi connectivity index (χ2n) is 11.1. The molecular formula is C32H43N7O2. The van der Waals surface area contributed by atoms with E-state index in [0.717, 1.165) is 67.7 Å². The molecule has 0 unspecified atom stereocenters. The zero-order valence-electron chi connectivity index (χ0n) is 24.8. The first kappa shape index (κ1) is 30.0. The number of allylic oxidation sites excluding steroid dienone is 2. The fraction of sp³-hybridized carbons (Fsp3) is 0.438. The topological polar surface area (TPSA) is 97.1 Å². The molecule has 0 spiro atoms. The van der Waals surface area contributed by atoms with Crippen LogP contribution in [0.1, 0.15) is 60.0 Å². The highest BCUT2D eigenvalue weighted by Gasteiger charge is 2.32. The summed E-state index contributed by atoms with van der Waals surface area (Å²) < 4.78 is 3.62. The molecule has 1 atom stereocenters. The zero-order valence-corrected chi connectivity index (χ0v) is 24.8. The van der Waals surface area contributed by atoms with Crippen LogP contribution in [-0.2, 0) is 11.3 Å². The largest absolute Gasteiger partial charge is 0.339 e. The van der Waals surface area contributed by atoms with E-state index in [-0.39, 0.29) is 23.8 Å². The van der Waals surface area contributed by atoms with E-state index in [1.807, 2.05) is 31.2 Å². The number of amides is 2. The Morgan fingerprint density at radius 2 is 1.76 bits per heavy atom. The van der Waals surface area contributed by atoms with Crippen LogP contribution in [0.3, 0.4) is 0 Å². The summed E-state index contributed by atoms with van der Waals surface area (Å²) in [5.74, 6) is -0.484. The SMILES string of the molecule is C=CC(C=C)n1nccc1C(=O)N[C@H](C(=O)Nc1ccc(-c2c(C)nn(CCN(C)C)c2C)cc1)C1CCCCC1. The molecule has 9 heteroatoms. The van der Waals surface area contributed by atoms with Crippen molar-refractivity contribution in [3.05, 3.63) is 78.9 Å². The quantitative estimate of drug-likeness (QED) is 0.300. The molecule has 1 aliphatic rings. The zero-order chi connectivity index (χ0) is 29.5. The first-order valence-electron chi connectivity index (χ1n) is 14.4. The van der Waals surface area contributed by atoms with E-state index in [1.165, 1.54) is 0 Å². The van der Waals surface area contributed by atoms with Crippen LogP contribution in [0.2, 0.25) is 0 Å². The van der Waals surface area contributed by atoms with Crippen molar-refractivity contribution in [1.29, 1.82) is 0 Å². The van der Waals surface area contributed by atoms with Crippen molar-refractivity contribution in [2.24, 2.45) is 5.92 Å². The lowest BCUT2D eigenvalue weighted by atomic mass is 9.83. The minimum absolute atomic E-state index is 0.0660. The number of aryl methyl sites for hydroxylation is 1. The second-order valence-corrected chi connectivity index (χ2v) is 11.1. The maximum absolute atomic E-state index is 13.6. The maximum atomic E-state index is 13.6. The summed E-state index contributed by atoms with van der Waals surface area (Å²) >= 11 is 0. The van der Waals surface area contributed by atoms with Gasteiger partial charge in [0, 0.05) is 29.7 Å². The molecule has 0 aliphatic heterocycles. The summed E-state index contributed by atoms with van der Waals surface area (Å²) in [6, 6.07) is 8.53. The number of benzene rings is 1. The predicted octanol–water partition coefficient (Wildman–Crippen LogP) is 5.16. The average molecular weight is 558 g/mol. The van der Waals surface area contributed by atoms with Crippen LogP contribution < -0.4 is 10.6 Å². The molecule has 2 heterocycles. The van der Waals surface area contributed by atoms with Crippen molar-refractivity contribution in [3.8, 4) is 11.1 Å². The Labute approximate surface area is 243 Å². The fourth-order valence-corrected chi connectivity index (χ4v) is 5.68. The Morgan fingerprint density at radius 3 is 2.39 bits per heavy atom. The van der Waals surface area contributed by atoms with Crippen molar-refractivity contribution >= 4 is 17.5 Å². The number of hydrogen-bond donors (Lipinski definition) is 2. The molecule has 3 aromatic rings. The van der Waals surface area contributed by atoms with Gasteiger partial charge in [-0.15, -0.1) is 13.2 Å². The lowest BCUT2D eigenvalue weighted by Crippen LogP contribution is -2.49. The van der Waals surface area contributed by atoms with E-state index in [0.29, 0.717) is 11.4 Å². The lowest BCUT2D eigenvalue weighted by Gasteiger charge is -2.30. The lowest BCUT2D eigenvalue weighted by molar-refractivity contribution is -0.119. The molecule has 2 amide bonds. The van der Waals surface area contributed by atoms with Crippen molar-refractivity contribution in [3.63, 3.8) is 0 Å². The van der Waals surface area contributed by atoms with Gasteiger partial charge < -0.3 is 15.5 Å². The van der Waals surface area contributed by atoms with Gasteiger partial charge in [0.15, 0.2) is 0 Å². The van der Waals surface area contributed by atoms with Crippen LogP contribution in [0.15, 0.2) is 61.8 Å². The molecule has 1 saturated carbocycles. The molecule has 1 fully saturated rings. The Bertz CT molecular complexity index is 1360. The number of hydrogen-bond acceptors (Lipinski definition) is 5. The average Bonchev–Trinajstić information content (AvgIpc) is 3.56. The number of likely N-dealkylation sites (N-methyl/N-ethyl adjacent to an activating group) is 1. The summed E-state index contributed by atoms with van der Waals surface area (Å²) in [6.45, 7) is 13.5. The van der Waals surface area contributed by atoms with Gasteiger partial charge in [-0.25, -0.2) is 4.68 Å². The number of anilines is 1. The summed E-state index contributed by atoms with van der Waals surface area (Å²) in [6.07, 6.45) is 9.95. The van der Waals surface area contributed by atoms with Crippen molar-refractivity contribution < 1.29 is 9.59 Å². The summed E-state index contributed by atoms with van der Waals surface area (Å²) in [7, 11) is 4.11. The Morgan fingerprint density at radius 1 is 1.07 bits per heavy atom. The minimum Gasteiger partial charge on any atom is -0.339 e. The number of rotatable bonds is 12. The van der Waals surface area contributed by atoms with E-state index in [1.54, 1.807) is 29.1 Å². The normalized spacial score (nSPS) is 14.7. The number of nitrogens with zero attached hydrogens (tertiary/aromatic N) is 5. The van der Waals surface area contributed by atoms with Crippen LogP contribution in [0.5, 0.6) is 0 Å². The molecule has 0 radical (unpaired) electrons. The van der Waals surface area contributed by atoms with Gasteiger partial charge in [-0.3, -0.25) is 14.3 Å². The van der Waals surface area contributed by atoms with Crippen LogP contribution in [0.4, 0.5) is 5.69 Å². The standard InChI is InChI=1S/C32H43N7O2/c1-7-27(8-2)39-28(18-19-33-39)31(40)35-30(25-12-10-9-11-13-25)32(41)34-26-16-14-24(15-17-26)29-22(3)36-38(23(29)4)21-20-37(5)6/h7-8,14-19,25,27,30H,1-2,9-13,20-21H2,3-6H3,(H,34,41)(H,35,40)/t30-/m0/s1. The minimum atomic E-state index is -0.656. The fourth-order valence-electron chi connectivity index (χ4n) is 5.68. The number of aromatic nitrogens is 4. The molecule has 2 N–H and O–H groups in total. The van der Waals surface area contributed by atoms with E-state index in [4.69, 9.17) is 5.10 Å². The molecule has 4 rings (SSSR count). The summed E-state index contributed by atoms with van der Waals surface area (Å²) in [4.78, 5) is 29.2. The van der Waals surface area contributed by atoms with Gasteiger partial charge in [-0.05, 0) is 70.5 Å². The van der Waals surface area contributed by atoms with E-state index >= 15 is 0 Å². The van der Waals surface area contributed by atoms with Crippen LogP contribution >= 0.6 is 0 Å². The molecular weight excluding hydrogens is 514 g/mol. The van der Waals surface area contributed by atoms with Gasteiger partial charge in [0.05, 0.1) is 18.3 Å². The third kappa shape index (κ3) is 7.03. The van der Waals surface area contributed by atoms with E-state index in [9.17, 15) is 9.59 Å². The first-order chi connectivity index (χ1) is 19.7.